The second kappa shape index (κ2) is 4.90. The van der Waals surface area contributed by atoms with Crippen molar-refractivity contribution in [3.63, 3.8) is 0 Å². The van der Waals surface area contributed by atoms with Gasteiger partial charge in [0.15, 0.2) is 11.6 Å². The predicted octanol–water partition coefficient (Wildman–Crippen LogP) is 3.71. The van der Waals surface area contributed by atoms with Crippen LogP contribution in [0.5, 0.6) is 5.75 Å². The molecule has 1 aromatic carbocycles. The molecular weight excluding hydrogens is 252 g/mol. The van der Waals surface area contributed by atoms with Gasteiger partial charge in [-0.05, 0) is 18.1 Å². The Kier molecular flexibility index (Phi) is 3.48. The standard InChI is InChI=1S/C13H15ClN2O2/c1-7(2)13-9(14)4-8(5-11(13)17-3)10-6-12(15)16-18-10/h4-7H,1-3H3,(H2,15,16). The highest BCUT2D eigenvalue weighted by Crippen LogP contribution is 2.37. The van der Waals surface area contributed by atoms with Gasteiger partial charge < -0.3 is 15.0 Å². The highest BCUT2D eigenvalue weighted by Gasteiger charge is 2.16. The predicted molar refractivity (Wildman–Crippen MR) is 72.0 cm³/mol. The van der Waals surface area contributed by atoms with Crippen LogP contribution in [-0.4, -0.2) is 12.3 Å². The molecule has 5 heteroatoms. The van der Waals surface area contributed by atoms with Crippen LogP contribution in [0.15, 0.2) is 22.7 Å². The van der Waals surface area contributed by atoms with E-state index in [1.54, 1.807) is 13.2 Å². The first-order chi connectivity index (χ1) is 8.52. The van der Waals surface area contributed by atoms with E-state index >= 15 is 0 Å². The van der Waals surface area contributed by atoms with Gasteiger partial charge in [0.1, 0.15) is 5.75 Å². The number of halogens is 1. The Hall–Kier alpha value is -1.68. The Bertz CT molecular complexity index is 564. The Morgan fingerprint density at radius 2 is 2.06 bits per heavy atom. The lowest BCUT2D eigenvalue weighted by Gasteiger charge is -2.14. The fraction of sp³-hybridized carbons (Fsp3) is 0.308. The van der Waals surface area contributed by atoms with Crippen LogP contribution in [0.25, 0.3) is 11.3 Å². The van der Waals surface area contributed by atoms with Gasteiger partial charge in [-0.3, -0.25) is 0 Å². The van der Waals surface area contributed by atoms with E-state index in [9.17, 15) is 0 Å². The quantitative estimate of drug-likeness (QED) is 0.920. The van der Waals surface area contributed by atoms with E-state index in [1.165, 1.54) is 0 Å². The number of nitrogen functional groups attached to an aromatic ring is 1. The number of rotatable bonds is 3. The topological polar surface area (TPSA) is 61.3 Å². The third-order valence-electron chi connectivity index (χ3n) is 2.70. The van der Waals surface area contributed by atoms with Gasteiger partial charge in [0.05, 0.1) is 7.11 Å². The number of methoxy groups -OCH3 is 1. The Labute approximate surface area is 111 Å². The lowest BCUT2D eigenvalue weighted by Crippen LogP contribution is -1.96. The number of nitrogens with two attached hydrogens (primary N) is 1. The van der Waals surface area contributed by atoms with Crippen molar-refractivity contribution in [2.24, 2.45) is 0 Å². The summed E-state index contributed by atoms with van der Waals surface area (Å²) >= 11 is 6.29. The van der Waals surface area contributed by atoms with Crippen LogP contribution in [0, 0.1) is 0 Å². The van der Waals surface area contributed by atoms with Crippen molar-refractivity contribution in [3.8, 4) is 17.1 Å². The first-order valence-electron chi connectivity index (χ1n) is 5.63. The second-order valence-corrected chi connectivity index (χ2v) is 4.75. The van der Waals surface area contributed by atoms with E-state index in [0.717, 1.165) is 16.9 Å². The SMILES string of the molecule is COc1cc(-c2cc(N)no2)cc(Cl)c1C(C)C. The monoisotopic (exact) mass is 266 g/mol. The maximum Gasteiger partial charge on any atom is 0.169 e. The molecule has 1 aromatic heterocycles. The number of aromatic nitrogens is 1. The Morgan fingerprint density at radius 1 is 1.33 bits per heavy atom. The average Bonchev–Trinajstić information content (AvgIpc) is 2.74. The van der Waals surface area contributed by atoms with Crippen molar-refractivity contribution >= 4 is 17.4 Å². The van der Waals surface area contributed by atoms with Gasteiger partial charge in [-0.25, -0.2) is 0 Å². The van der Waals surface area contributed by atoms with Crippen LogP contribution < -0.4 is 10.5 Å². The number of ether oxygens (including phenoxy) is 1. The van der Waals surface area contributed by atoms with Crippen LogP contribution in [-0.2, 0) is 0 Å². The smallest absolute Gasteiger partial charge is 0.169 e. The molecule has 1 heterocycles. The van der Waals surface area contributed by atoms with Crippen molar-refractivity contribution in [2.45, 2.75) is 19.8 Å². The fourth-order valence-corrected chi connectivity index (χ4v) is 2.32. The molecule has 0 fully saturated rings. The van der Waals surface area contributed by atoms with Crippen LogP contribution in [0.3, 0.4) is 0 Å². The average molecular weight is 267 g/mol. The zero-order valence-electron chi connectivity index (χ0n) is 10.5. The largest absolute Gasteiger partial charge is 0.496 e. The summed E-state index contributed by atoms with van der Waals surface area (Å²) in [5.74, 6) is 1.93. The maximum atomic E-state index is 6.29. The van der Waals surface area contributed by atoms with Gasteiger partial charge >= 0.3 is 0 Å². The van der Waals surface area contributed by atoms with E-state index in [0.29, 0.717) is 16.6 Å². The minimum absolute atomic E-state index is 0.279. The van der Waals surface area contributed by atoms with Crippen molar-refractivity contribution in [1.29, 1.82) is 0 Å². The number of hydrogen-bond acceptors (Lipinski definition) is 4. The lowest BCUT2D eigenvalue weighted by molar-refractivity contribution is 0.406. The third-order valence-corrected chi connectivity index (χ3v) is 3.01. The molecule has 0 radical (unpaired) electrons. The zero-order valence-corrected chi connectivity index (χ0v) is 11.3. The zero-order chi connectivity index (χ0) is 13.3. The highest BCUT2D eigenvalue weighted by molar-refractivity contribution is 6.32. The normalized spacial score (nSPS) is 10.9. The van der Waals surface area contributed by atoms with Crippen molar-refractivity contribution in [2.75, 3.05) is 12.8 Å². The minimum atomic E-state index is 0.279. The third kappa shape index (κ3) is 2.29. The summed E-state index contributed by atoms with van der Waals surface area (Å²) in [5, 5.41) is 4.30. The molecule has 0 spiro atoms. The van der Waals surface area contributed by atoms with Gasteiger partial charge in [0.2, 0.25) is 0 Å². The molecule has 18 heavy (non-hydrogen) atoms. The van der Waals surface area contributed by atoms with Crippen LogP contribution >= 0.6 is 11.6 Å². The molecule has 0 atom stereocenters. The van der Waals surface area contributed by atoms with E-state index < -0.39 is 0 Å². The fourth-order valence-electron chi connectivity index (χ4n) is 1.89. The van der Waals surface area contributed by atoms with Crippen LogP contribution in [0.4, 0.5) is 5.82 Å². The van der Waals surface area contributed by atoms with Crippen molar-refractivity contribution < 1.29 is 9.26 Å². The summed E-state index contributed by atoms with van der Waals surface area (Å²) < 4.78 is 10.5. The number of benzene rings is 1. The number of nitrogens with zero attached hydrogens (tertiary/aromatic N) is 1. The summed E-state index contributed by atoms with van der Waals surface area (Å²) in [6, 6.07) is 5.36. The summed E-state index contributed by atoms with van der Waals surface area (Å²) in [4.78, 5) is 0. The molecule has 2 N–H and O–H groups in total. The Morgan fingerprint density at radius 3 is 2.56 bits per heavy atom. The summed E-state index contributed by atoms with van der Waals surface area (Å²) in [6.45, 7) is 4.13. The van der Waals surface area contributed by atoms with Gasteiger partial charge in [-0.1, -0.05) is 30.6 Å². The Balaban J connectivity index is 2.55. The lowest BCUT2D eigenvalue weighted by atomic mass is 9.99. The molecule has 2 aromatic rings. The maximum absolute atomic E-state index is 6.29. The first-order valence-corrected chi connectivity index (χ1v) is 6.00. The van der Waals surface area contributed by atoms with E-state index in [2.05, 4.69) is 19.0 Å². The van der Waals surface area contributed by atoms with Crippen molar-refractivity contribution in [3.05, 3.63) is 28.8 Å². The first kappa shape index (κ1) is 12.8. The molecule has 0 unspecified atom stereocenters. The van der Waals surface area contributed by atoms with E-state index in [4.69, 9.17) is 26.6 Å². The second-order valence-electron chi connectivity index (χ2n) is 4.34. The number of hydrogen-bond donors (Lipinski definition) is 1. The highest BCUT2D eigenvalue weighted by atomic mass is 35.5. The van der Waals surface area contributed by atoms with Gasteiger partial charge in [-0.15, -0.1) is 0 Å². The number of anilines is 1. The molecule has 0 bridgehead atoms. The van der Waals surface area contributed by atoms with E-state index in [1.807, 2.05) is 12.1 Å². The van der Waals surface area contributed by atoms with Crippen LogP contribution in [0.1, 0.15) is 25.3 Å². The summed E-state index contributed by atoms with van der Waals surface area (Å²) in [5.41, 5.74) is 7.31. The molecule has 96 valence electrons. The van der Waals surface area contributed by atoms with Gasteiger partial charge in [0.25, 0.3) is 0 Å². The molecule has 0 aliphatic heterocycles. The molecule has 4 nitrogen and oxygen atoms in total. The van der Waals surface area contributed by atoms with Gasteiger partial charge in [0, 0.05) is 22.2 Å². The molecule has 0 aliphatic rings. The van der Waals surface area contributed by atoms with Gasteiger partial charge in [-0.2, -0.15) is 0 Å². The molecule has 0 aliphatic carbocycles. The van der Waals surface area contributed by atoms with E-state index in [-0.39, 0.29) is 5.92 Å². The van der Waals surface area contributed by atoms with Crippen molar-refractivity contribution in [1.82, 2.24) is 5.16 Å². The molecule has 0 saturated carbocycles. The molecule has 0 saturated heterocycles. The molecule has 2 rings (SSSR count). The summed E-state index contributed by atoms with van der Waals surface area (Å²) in [6.07, 6.45) is 0. The molecule has 0 amide bonds. The summed E-state index contributed by atoms with van der Waals surface area (Å²) in [7, 11) is 1.62. The van der Waals surface area contributed by atoms with Crippen LogP contribution in [0.2, 0.25) is 5.02 Å². The molecular formula is C13H15ClN2O2. The minimum Gasteiger partial charge on any atom is -0.496 e.